The van der Waals surface area contributed by atoms with Crippen molar-refractivity contribution in [1.29, 1.82) is 0 Å². The maximum absolute atomic E-state index is 13.7. The molecule has 0 radical (unpaired) electrons. The topological polar surface area (TPSA) is 74.7 Å². The van der Waals surface area contributed by atoms with Crippen LogP contribution in [0.2, 0.25) is 5.02 Å². The predicted molar refractivity (Wildman–Crippen MR) is 75.5 cm³/mol. The molecule has 1 aliphatic carbocycles. The van der Waals surface area contributed by atoms with Crippen LogP contribution < -0.4 is 0 Å². The summed E-state index contributed by atoms with van der Waals surface area (Å²) in [7, 11) is -2.55. The van der Waals surface area contributed by atoms with Gasteiger partial charge in [-0.1, -0.05) is 18.5 Å². The van der Waals surface area contributed by atoms with Gasteiger partial charge in [0, 0.05) is 13.6 Å². The van der Waals surface area contributed by atoms with Crippen LogP contribution in [0.1, 0.15) is 23.7 Å². The van der Waals surface area contributed by atoms with Crippen molar-refractivity contribution in [3.8, 4) is 0 Å². The number of rotatable bonds is 5. The second kappa shape index (κ2) is 5.55. The minimum Gasteiger partial charge on any atom is -0.478 e. The first kappa shape index (κ1) is 16.2. The minimum atomic E-state index is -3.94. The molecule has 5 nitrogen and oxygen atoms in total. The molecule has 1 aliphatic rings. The molecule has 21 heavy (non-hydrogen) atoms. The van der Waals surface area contributed by atoms with Crippen LogP contribution in [0.15, 0.2) is 17.0 Å². The first-order valence-corrected chi connectivity index (χ1v) is 8.15. The van der Waals surface area contributed by atoms with Gasteiger partial charge in [-0.05, 0) is 30.4 Å². The van der Waals surface area contributed by atoms with E-state index in [0.29, 0.717) is 18.4 Å². The lowest BCUT2D eigenvalue weighted by Crippen LogP contribution is -2.29. The van der Waals surface area contributed by atoms with Crippen LogP contribution in [0.4, 0.5) is 4.39 Å². The van der Waals surface area contributed by atoms with Crippen molar-refractivity contribution < 1.29 is 22.7 Å². The number of hydrogen-bond donors (Lipinski definition) is 1. The standard InChI is InChI=1S/C13H15ClFNO4S/c1-7-3-8(7)6-16(2)21(19,20)9-4-10(13(17)18)12(14)11(15)5-9/h4-5,7-8H,3,6H2,1-2H3,(H,17,18). The molecule has 0 aromatic heterocycles. The van der Waals surface area contributed by atoms with Gasteiger partial charge in [0.1, 0.15) is 5.82 Å². The molecule has 2 atom stereocenters. The van der Waals surface area contributed by atoms with Crippen molar-refractivity contribution in [1.82, 2.24) is 4.31 Å². The smallest absolute Gasteiger partial charge is 0.337 e. The molecular weight excluding hydrogens is 321 g/mol. The van der Waals surface area contributed by atoms with Gasteiger partial charge in [-0.25, -0.2) is 21.9 Å². The highest BCUT2D eigenvalue weighted by Crippen LogP contribution is 2.39. The van der Waals surface area contributed by atoms with E-state index in [9.17, 15) is 17.6 Å². The Hall–Kier alpha value is -1.18. The van der Waals surface area contributed by atoms with E-state index in [-0.39, 0.29) is 0 Å². The van der Waals surface area contributed by atoms with E-state index < -0.39 is 37.3 Å². The number of carbonyl (C=O) groups is 1. The molecule has 116 valence electrons. The molecule has 2 unspecified atom stereocenters. The molecule has 0 heterocycles. The van der Waals surface area contributed by atoms with Gasteiger partial charge in [0.2, 0.25) is 10.0 Å². The minimum absolute atomic E-state index is 0.292. The van der Waals surface area contributed by atoms with Gasteiger partial charge in [-0.2, -0.15) is 0 Å². The van der Waals surface area contributed by atoms with E-state index >= 15 is 0 Å². The van der Waals surface area contributed by atoms with E-state index in [2.05, 4.69) is 0 Å². The van der Waals surface area contributed by atoms with E-state index in [1.807, 2.05) is 6.92 Å². The van der Waals surface area contributed by atoms with Gasteiger partial charge in [0.15, 0.2) is 0 Å². The third-order valence-corrected chi connectivity index (χ3v) is 5.89. The number of nitrogens with zero attached hydrogens (tertiary/aromatic N) is 1. The Bertz CT molecular complexity index is 692. The van der Waals surface area contributed by atoms with Crippen molar-refractivity contribution in [2.45, 2.75) is 18.2 Å². The fourth-order valence-electron chi connectivity index (χ4n) is 2.13. The molecule has 1 saturated carbocycles. The number of aromatic carboxylic acids is 1. The number of halogens is 2. The number of carboxylic acids is 1. The van der Waals surface area contributed by atoms with Crippen LogP contribution in [-0.2, 0) is 10.0 Å². The summed E-state index contributed by atoms with van der Waals surface area (Å²) in [5, 5.41) is 8.35. The number of carboxylic acid groups (broad SMARTS) is 1. The second-order valence-electron chi connectivity index (χ2n) is 5.33. The Morgan fingerprint density at radius 3 is 2.57 bits per heavy atom. The molecule has 0 spiro atoms. The fourth-order valence-corrected chi connectivity index (χ4v) is 3.59. The van der Waals surface area contributed by atoms with Crippen LogP contribution in [-0.4, -0.2) is 37.4 Å². The number of sulfonamides is 1. The van der Waals surface area contributed by atoms with Gasteiger partial charge in [-0.3, -0.25) is 0 Å². The van der Waals surface area contributed by atoms with Gasteiger partial charge < -0.3 is 5.11 Å². The van der Waals surface area contributed by atoms with Crippen LogP contribution in [0, 0.1) is 17.7 Å². The maximum Gasteiger partial charge on any atom is 0.337 e. The van der Waals surface area contributed by atoms with Crippen LogP contribution in [0.3, 0.4) is 0 Å². The summed E-state index contributed by atoms with van der Waals surface area (Å²) in [6.07, 6.45) is 0.954. The van der Waals surface area contributed by atoms with Crippen LogP contribution in [0.25, 0.3) is 0 Å². The Morgan fingerprint density at radius 2 is 2.10 bits per heavy atom. The predicted octanol–water partition coefficient (Wildman–Crippen LogP) is 2.45. The highest BCUT2D eigenvalue weighted by Gasteiger charge is 2.36. The zero-order valence-electron chi connectivity index (χ0n) is 11.5. The fraction of sp³-hybridized carbons (Fsp3) is 0.462. The van der Waals surface area contributed by atoms with E-state index in [1.54, 1.807) is 0 Å². The normalized spacial score (nSPS) is 21.6. The molecule has 1 aromatic rings. The van der Waals surface area contributed by atoms with Gasteiger partial charge in [-0.15, -0.1) is 0 Å². The molecule has 0 bridgehead atoms. The van der Waals surface area contributed by atoms with Crippen molar-refractivity contribution in [3.63, 3.8) is 0 Å². The average Bonchev–Trinajstić information content (AvgIpc) is 3.07. The average molecular weight is 336 g/mol. The van der Waals surface area contributed by atoms with Crippen molar-refractivity contribution in [2.24, 2.45) is 11.8 Å². The monoisotopic (exact) mass is 335 g/mol. The van der Waals surface area contributed by atoms with Crippen molar-refractivity contribution in [3.05, 3.63) is 28.5 Å². The molecule has 2 rings (SSSR count). The summed E-state index contributed by atoms with van der Waals surface area (Å²) in [6.45, 7) is 2.35. The van der Waals surface area contributed by atoms with Gasteiger partial charge in [0.05, 0.1) is 15.5 Å². The second-order valence-corrected chi connectivity index (χ2v) is 7.75. The summed E-state index contributed by atoms with van der Waals surface area (Å²) in [5.74, 6) is -1.78. The zero-order valence-corrected chi connectivity index (χ0v) is 13.1. The van der Waals surface area contributed by atoms with E-state index in [0.717, 1.165) is 22.9 Å². The maximum atomic E-state index is 13.7. The first-order valence-electron chi connectivity index (χ1n) is 6.33. The number of benzene rings is 1. The molecule has 0 amide bonds. The Morgan fingerprint density at radius 1 is 1.52 bits per heavy atom. The lowest BCUT2D eigenvalue weighted by atomic mass is 10.2. The van der Waals surface area contributed by atoms with Crippen molar-refractivity contribution in [2.75, 3.05) is 13.6 Å². The van der Waals surface area contributed by atoms with Crippen molar-refractivity contribution >= 4 is 27.6 Å². The summed E-state index contributed by atoms with van der Waals surface area (Å²) < 4.78 is 39.5. The lowest BCUT2D eigenvalue weighted by molar-refractivity contribution is 0.0696. The lowest BCUT2D eigenvalue weighted by Gasteiger charge is -2.17. The van der Waals surface area contributed by atoms with Gasteiger partial charge >= 0.3 is 5.97 Å². The SMILES string of the molecule is CC1CC1CN(C)S(=O)(=O)c1cc(F)c(Cl)c(C(=O)O)c1. The summed E-state index contributed by atoms with van der Waals surface area (Å²) in [4.78, 5) is 10.6. The van der Waals surface area contributed by atoms with E-state index in [4.69, 9.17) is 16.7 Å². The van der Waals surface area contributed by atoms with E-state index in [1.165, 1.54) is 7.05 Å². The highest BCUT2D eigenvalue weighted by atomic mass is 35.5. The molecule has 0 aliphatic heterocycles. The summed E-state index contributed by atoms with van der Waals surface area (Å²) >= 11 is 5.54. The Kier molecular flexibility index (Phi) is 4.28. The largest absolute Gasteiger partial charge is 0.478 e. The Labute approximate surface area is 127 Å². The molecule has 8 heteroatoms. The number of hydrogen-bond acceptors (Lipinski definition) is 3. The Balaban J connectivity index is 2.37. The first-order chi connectivity index (χ1) is 9.64. The molecule has 0 saturated heterocycles. The highest BCUT2D eigenvalue weighted by molar-refractivity contribution is 7.89. The molecular formula is C13H15ClFNO4S. The molecule has 1 N–H and O–H groups in total. The van der Waals surface area contributed by atoms with Crippen LogP contribution in [0.5, 0.6) is 0 Å². The molecule has 1 fully saturated rings. The summed E-state index contributed by atoms with van der Waals surface area (Å²) in [6, 6.07) is 1.63. The third-order valence-electron chi connectivity index (χ3n) is 3.71. The zero-order chi connectivity index (χ0) is 15.9. The third kappa shape index (κ3) is 3.20. The quantitative estimate of drug-likeness (QED) is 0.897. The van der Waals surface area contributed by atoms with Crippen LogP contribution >= 0.6 is 11.6 Å². The van der Waals surface area contributed by atoms with Gasteiger partial charge in [0.25, 0.3) is 0 Å². The summed E-state index contributed by atoms with van der Waals surface area (Å²) in [5.41, 5.74) is -0.566. The molecule has 1 aromatic carbocycles.